The number of aryl methyl sites for hydroxylation is 1. The van der Waals surface area contributed by atoms with Crippen LogP contribution in [0.5, 0.6) is 0 Å². The Morgan fingerprint density at radius 2 is 1.70 bits per heavy atom. The monoisotopic (exact) mass is 369 g/mol. The van der Waals surface area contributed by atoms with Crippen LogP contribution >= 0.6 is 0 Å². The van der Waals surface area contributed by atoms with E-state index in [0.29, 0.717) is 0 Å². The number of rotatable bonds is 6. The molecule has 4 nitrogen and oxygen atoms in total. The van der Waals surface area contributed by atoms with Gasteiger partial charge >= 0.3 is 5.97 Å². The lowest BCUT2D eigenvalue weighted by atomic mass is 9.78. The van der Waals surface area contributed by atoms with Crippen LogP contribution in [-0.2, 0) is 16.0 Å². The summed E-state index contributed by atoms with van der Waals surface area (Å²) in [6.07, 6.45) is 3.98. The fourth-order valence-corrected chi connectivity index (χ4v) is 5.26. The molecule has 2 fully saturated rings. The number of allylic oxidation sites excluding steroid dienone is 2. The zero-order chi connectivity index (χ0) is 19.7. The van der Waals surface area contributed by atoms with Crippen LogP contribution < -0.4 is 5.32 Å². The molecule has 4 heteroatoms. The van der Waals surface area contributed by atoms with E-state index < -0.39 is 17.8 Å². The van der Waals surface area contributed by atoms with E-state index >= 15 is 0 Å². The standard InChI is InChI=1S/C23H31NO3/c1-5-6-15-7-9-16(10-8-15)14(4)24-22(25)20-17-11-12-18(19(17)13(2)3)21(20)23(26)27/h7-10,14,17-18,20-21H,5-6,11-12H2,1-4H3,(H,24,25)(H,26,27)/t14-,17-,18-,20-,21-/m0/s1. The number of benzene rings is 1. The Morgan fingerprint density at radius 1 is 1.11 bits per heavy atom. The van der Waals surface area contributed by atoms with Crippen molar-refractivity contribution < 1.29 is 14.7 Å². The number of fused-ring (bicyclic) bond motifs is 2. The highest BCUT2D eigenvalue weighted by Crippen LogP contribution is 2.57. The van der Waals surface area contributed by atoms with E-state index in [4.69, 9.17) is 0 Å². The number of aliphatic carboxylic acids is 1. The van der Waals surface area contributed by atoms with Crippen LogP contribution in [0.4, 0.5) is 0 Å². The van der Waals surface area contributed by atoms with Crippen LogP contribution in [0.15, 0.2) is 35.4 Å². The van der Waals surface area contributed by atoms with Crippen molar-refractivity contribution in [3.05, 3.63) is 46.5 Å². The summed E-state index contributed by atoms with van der Waals surface area (Å²) in [5, 5.41) is 12.9. The molecule has 0 saturated heterocycles. The predicted octanol–water partition coefficient (Wildman–Crippen LogP) is 4.51. The van der Waals surface area contributed by atoms with E-state index in [9.17, 15) is 14.7 Å². The molecule has 2 aliphatic carbocycles. The van der Waals surface area contributed by atoms with Crippen LogP contribution in [0.25, 0.3) is 0 Å². The molecule has 1 aromatic rings. The third-order valence-corrected chi connectivity index (χ3v) is 6.38. The highest BCUT2D eigenvalue weighted by molar-refractivity contribution is 5.87. The fraction of sp³-hybridized carbons (Fsp3) is 0.565. The van der Waals surface area contributed by atoms with Gasteiger partial charge in [0.25, 0.3) is 0 Å². The number of hydrogen-bond donors (Lipinski definition) is 2. The largest absolute Gasteiger partial charge is 0.481 e. The second-order valence-electron chi connectivity index (χ2n) is 8.36. The smallest absolute Gasteiger partial charge is 0.307 e. The van der Waals surface area contributed by atoms with E-state index in [1.165, 1.54) is 16.7 Å². The molecule has 5 atom stereocenters. The molecule has 0 aliphatic heterocycles. The summed E-state index contributed by atoms with van der Waals surface area (Å²) < 4.78 is 0. The Hall–Kier alpha value is -2.10. The average Bonchev–Trinajstić information content (AvgIpc) is 3.18. The molecule has 0 spiro atoms. The molecular weight excluding hydrogens is 338 g/mol. The minimum atomic E-state index is -0.835. The molecule has 0 unspecified atom stereocenters. The lowest BCUT2D eigenvalue weighted by Crippen LogP contribution is -2.42. The summed E-state index contributed by atoms with van der Waals surface area (Å²) in [5.74, 6) is -1.88. The number of nitrogens with one attached hydrogen (secondary N) is 1. The molecule has 3 rings (SSSR count). The van der Waals surface area contributed by atoms with Crippen LogP contribution in [0.3, 0.4) is 0 Å². The molecule has 27 heavy (non-hydrogen) atoms. The number of hydrogen-bond acceptors (Lipinski definition) is 2. The van der Waals surface area contributed by atoms with E-state index in [0.717, 1.165) is 31.2 Å². The first-order chi connectivity index (χ1) is 12.8. The van der Waals surface area contributed by atoms with Crippen molar-refractivity contribution in [2.45, 2.75) is 59.4 Å². The van der Waals surface area contributed by atoms with E-state index in [-0.39, 0.29) is 23.8 Å². The van der Waals surface area contributed by atoms with Crippen molar-refractivity contribution in [1.82, 2.24) is 5.32 Å². The summed E-state index contributed by atoms with van der Waals surface area (Å²) in [6.45, 7) is 8.21. The van der Waals surface area contributed by atoms with Crippen LogP contribution in [0.2, 0.25) is 0 Å². The van der Waals surface area contributed by atoms with Gasteiger partial charge in [-0.25, -0.2) is 0 Å². The van der Waals surface area contributed by atoms with Gasteiger partial charge in [0.05, 0.1) is 17.9 Å². The summed E-state index contributed by atoms with van der Waals surface area (Å²) in [5.41, 5.74) is 4.76. The quantitative estimate of drug-likeness (QED) is 0.725. The van der Waals surface area contributed by atoms with Gasteiger partial charge in [0.2, 0.25) is 5.91 Å². The van der Waals surface area contributed by atoms with E-state index in [2.05, 4.69) is 36.5 Å². The lowest BCUT2D eigenvalue weighted by Gasteiger charge is -2.28. The molecule has 1 amide bonds. The maximum absolute atomic E-state index is 13.1. The molecule has 0 heterocycles. The molecule has 1 aromatic carbocycles. The van der Waals surface area contributed by atoms with Crippen LogP contribution in [0, 0.1) is 23.7 Å². The first-order valence-corrected chi connectivity index (χ1v) is 10.1. The van der Waals surface area contributed by atoms with Gasteiger partial charge in [0, 0.05) is 0 Å². The predicted molar refractivity (Wildman–Crippen MR) is 106 cm³/mol. The Kier molecular flexibility index (Phi) is 5.73. The average molecular weight is 370 g/mol. The van der Waals surface area contributed by atoms with Gasteiger partial charge in [-0.3, -0.25) is 9.59 Å². The van der Waals surface area contributed by atoms with E-state index in [1.807, 2.05) is 20.8 Å². The Balaban J connectivity index is 1.76. The van der Waals surface area contributed by atoms with Gasteiger partial charge in [-0.1, -0.05) is 48.8 Å². The topological polar surface area (TPSA) is 66.4 Å². The van der Waals surface area contributed by atoms with Crippen LogP contribution in [-0.4, -0.2) is 17.0 Å². The maximum Gasteiger partial charge on any atom is 0.307 e. The lowest BCUT2D eigenvalue weighted by molar-refractivity contribution is -0.149. The third kappa shape index (κ3) is 3.67. The van der Waals surface area contributed by atoms with Crippen molar-refractivity contribution in [2.75, 3.05) is 0 Å². The minimum absolute atomic E-state index is 0.0249. The summed E-state index contributed by atoms with van der Waals surface area (Å²) in [6, 6.07) is 8.22. The number of amides is 1. The number of carboxylic acid groups (broad SMARTS) is 1. The second-order valence-corrected chi connectivity index (χ2v) is 8.36. The number of carboxylic acids is 1. The number of carbonyl (C=O) groups is 2. The molecule has 0 radical (unpaired) electrons. The van der Waals surface area contributed by atoms with Crippen molar-refractivity contribution in [1.29, 1.82) is 0 Å². The first-order valence-electron chi connectivity index (χ1n) is 10.1. The number of carbonyl (C=O) groups excluding carboxylic acids is 1. The second kappa shape index (κ2) is 7.87. The Morgan fingerprint density at radius 3 is 2.22 bits per heavy atom. The molecular formula is C23H31NO3. The van der Waals surface area contributed by atoms with Gasteiger partial charge in [-0.2, -0.15) is 0 Å². The Labute approximate surface area is 162 Å². The zero-order valence-corrected chi connectivity index (χ0v) is 16.8. The summed E-state index contributed by atoms with van der Waals surface area (Å²) >= 11 is 0. The molecule has 2 N–H and O–H groups in total. The normalized spacial score (nSPS) is 27.5. The van der Waals surface area contributed by atoms with Gasteiger partial charge in [0.1, 0.15) is 0 Å². The molecule has 2 saturated carbocycles. The molecule has 146 valence electrons. The molecule has 0 aromatic heterocycles. The minimum Gasteiger partial charge on any atom is -0.481 e. The summed E-state index contributed by atoms with van der Waals surface area (Å²) in [7, 11) is 0. The fourth-order valence-electron chi connectivity index (χ4n) is 5.26. The molecule has 2 bridgehead atoms. The summed E-state index contributed by atoms with van der Waals surface area (Å²) in [4.78, 5) is 25.0. The van der Waals surface area contributed by atoms with Crippen molar-refractivity contribution in [2.24, 2.45) is 23.7 Å². The first kappa shape index (κ1) is 19.7. The van der Waals surface area contributed by atoms with Crippen molar-refractivity contribution in [3.8, 4) is 0 Å². The third-order valence-electron chi connectivity index (χ3n) is 6.38. The highest BCUT2D eigenvalue weighted by atomic mass is 16.4. The zero-order valence-electron chi connectivity index (χ0n) is 16.8. The Bertz CT molecular complexity index is 745. The van der Waals surface area contributed by atoms with E-state index in [1.54, 1.807) is 0 Å². The van der Waals surface area contributed by atoms with Crippen LogP contribution in [0.1, 0.15) is 64.1 Å². The van der Waals surface area contributed by atoms with Gasteiger partial charge in [0.15, 0.2) is 0 Å². The SMILES string of the molecule is CCCc1ccc([C@H](C)NC(=O)[C@@H]2[C@@H](C(=O)O)[C@H]3CC[C@H]2C3=C(C)C)cc1. The highest BCUT2D eigenvalue weighted by Gasteiger charge is 2.57. The van der Waals surface area contributed by atoms with Crippen molar-refractivity contribution >= 4 is 11.9 Å². The maximum atomic E-state index is 13.1. The van der Waals surface area contributed by atoms with Crippen molar-refractivity contribution in [3.63, 3.8) is 0 Å². The van der Waals surface area contributed by atoms with Gasteiger partial charge in [-0.05, 0) is 63.0 Å². The molecule has 2 aliphatic rings. The van der Waals surface area contributed by atoms with Gasteiger partial charge in [-0.15, -0.1) is 0 Å². The van der Waals surface area contributed by atoms with Gasteiger partial charge < -0.3 is 10.4 Å².